The van der Waals surface area contributed by atoms with Crippen LogP contribution in [0.4, 0.5) is 17.6 Å². The number of nitrogens with one attached hydrogen (secondary N) is 1. The zero-order valence-corrected chi connectivity index (χ0v) is 21.1. The average Bonchev–Trinajstić information content (AvgIpc) is 3.40. The van der Waals surface area contributed by atoms with Gasteiger partial charge in [0, 0.05) is 54.1 Å². The van der Waals surface area contributed by atoms with Gasteiger partial charge in [0.25, 0.3) is 0 Å². The van der Waals surface area contributed by atoms with Crippen molar-refractivity contribution in [1.29, 1.82) is 0 Å². The SMILES string of the molecule is O=S(=O)(NCc1nccs1)c1cc2c(cc1F)[C@H](N1CC[C@@H](C(F)(F)F)C[C@H]1c1ccncc1)CCO2. The number of halogens is 4. The van der Waals surface area contributed by atoms with Gasteiger partial charge in [0.2, 0.25) is 10.0 Å². The predicted molar refractivity (Wildman–Crippen MR) is 128 cm³/mol. The van der Waals surface area contributed by atoms with Gasteiger partial charge in [0.1, 0.15) is 21.5 Å². The summed E-state index contributed by atoms with van der Waals surface area (Å²) in [5, 5.41) is 2.23. The third-order valence-corrected chi connectivity index (χ3v) is 9.05. The van der Waals surface area contributed by atoms with Crippen LogP contribution in [-0.4, -0.2) is 42.6 Å². The highest BCUT2D eigenvalue weighted by molar-refractivity contribution is 7.89. The van der Waals surface area contributed by atoms with Gasteiger partial charge < -0.3 is 4.74 Å². The van der Waals surface area contributed by atoms with E-state index in [1.54, 1.807) is 23.7 Å². The van der Waals surface area contributed by atoms with E-state index in [9.17, 15) is 21.6 Å². The van der Waals surface area contributed by atoms with Gasteiger partial charge in [-0.3, -0.25) is 9.88 Å². The van der Waals surface area contributed by atoms with Crippen molar-refractivity contribution in [2.45, 2.75) is 49.0 Å². The van der Waals surface area contributed by atoms with Crippen LogP contribution >= 0.6 is 11.3 Å². The summed E-state index contributed by atoms with van der Waals surface area (Å²) >= 11 is 1.27. The molecule has 3 atom stereocenters. The number of pyridine rings is 1. The number of rotatable bonds is 6. The smallest absolute Gasteiger partial charge is 0.391 e. The number of aromatic nitrogens is 2. The van der Waals surface area contributed by atoms with Gasteiger partial charge in [-0.25, -0.2) is 22.5 Å². The Balaban J connectivity index is 1.46. The highest BCUT2D eigenvalue weighted by atomic mass is 32.2. The van der Waals surface area contributed by atoms with E-state index in [4.69, 9.17) is 4.74 Å². The van der Waals surface area contributed by atoms with E-state index < -0.39 is 44.9 Å². The minimum atomic E-state index is -4.31. The summed E-state index contributed by atoms with van der Waals surface area (Å²) in [5.41, 5.74) is 1.12. The van der Waals surface area contributed by atoms with Crippen molar-refractivity contribution in [1.82, 2.24) is 19.6 Å². The normalized spacial score (nSPS) is 22.9. The number of piperidine rings is 1. The topological polar surface area (TPSA) is 84.4 Å². The first-order valence-corrected chi connectivity index (χ1v) is 14.1. The molecule has 4 heterocycles. The van der Waals surface area contributed by atoms with Gasteiger partial charge in [-0.2, -0.15) is 13.2 Å². The molecule has 1 fully saturated rings. The van der Waals surface area contributed by atoms with Crippen molar-refractivity contribution in [3.05, 3.63) is 70.2 Å². The predicted octanol–water partition coefficient (Wildman–Crippen LogP) is 4.99. The standard InChI is InChI=1S/C24H24F4N4O3S2/c25-18-12-17-19(32-8-3-16(24(26,27)28)11-20(32)15-1-5-29-6-2-15)4-9-35-21(17)13-22(18)37(33,34)31-14-23-30-7-10-36-23/h1-2,5-7,10,12-13,16,19-20,31H,3-4,8-9,11,14H2/t16-,19-,20+/m1/s1. The second-order valence-electron chi connectivity index (χ2n) is 9.02. The number of hydrogen-bond donors (Lipinski definition) is 1. The second-order valence-corrected chi connectivity index (χ2v) is 11.7. The molecule has 1 N–H and O–H groups in total. The Morgan fingerprint density at radius 1 is 1.14 bits per heavy atom. The number of benzene rings is 1. The van der Waals surface area contributed by atoms with E-state index in [1.165, 1.54) is 23.7 Å². The molecule has 3 aromatic rings. The lowest BCUT2D eigenvalue weighted by molar-refractivity contribution is -0.192. The van der Waals surface area contributed by atoms with Crippen LogP contribution in [0.1, 0.15) is 47.5 Å². The van der Waals surface area contributed by atoms with Gasteiger partial charge in [-0.05, 0) is 43.1 Å². The molecule has 1 saturated heterocycles. The summed E-state index contributed by atoms with van der Waals surface area (Å²) < 4.78 is 89.9. The number of ether oxygens (including phenoxy) is 1. The Labute approximate surface area is 215 Å². The van der Waals surface area contributed by atoms with E-state index >= 15 is 4.39 Å². The van der Waals surface area contributed by atoms with Crippen LogP contribution in [0.15, 0.2) is 53.1 Å². The van der Waals surface area contributed by atoms with Crippen LogP contribution in [0.5, 0.6) is 5.75 Å². The number of fused-ring (bicyclic) bond motifs is 1. The largest absolute Gasteiger partial charge is 0.493 e. The fraction of sp³-hybridized carbons (Fsp3) is 0.417. The first-order valence-electron chi connectivity index (χ1n) is 11.7. The van der Waals surface area contributed by atoms with Crippen molar-refractivity contribution in [3.8, 4) is 5.75 Å². The number of alkyl halides is 3. The lowest BCUT2D eigenvalue weighted by Crippen LogP contribution is -2.44. The molecule has 5 rings (SSSR count). The molecule has 2 aliphatic heterocycles. The zero-order chi connectivity index (χ0) is 26.2. The van der Waals surface area contributed by atoms with Gasteiger partial charge in [-0.1, -0.05) is 0 Å². The van der Waals surface area contributed by atoms with Crippen LogP contribution in [0.25, 0.3) is 0 Å². The maximum absolute atomic E-state index is 15.3. The quantitative estimate of drug-likeness (QED) is 0.431. The molecule has 2 aliphatic rings. The molecule has 7 nitrogen and oxygen atoms in total. The molecule has 0 unspecified atom stereocenters. The number of likely N-dealkylation sites (tertiary alicyclic amines) is 1. The van der Waals surface area contributed by atoms with Crippen LogP contribution in [0.3, 0.4) is 0 Å². The second kappa shape index (κ2) is 10.3. The lowest BCUT2D eigenvalue weighted by Gasteiger charge is -2.46. The molecular weight excluding hydrogens is 532 g/mol. The van der Waals surface area contributed by atoms with Gasteiger partial charge in [0.15, 0.2) is 0 Å². The highest BCUT2D eigenvalue weighted by Gasteiger charge is 2.46. The summed E-state index contributed by atoms with van der Waals surface area (Å²) in [6, 6.07) is 4.68. The van der Waals surface area contributed by atoms with E-state index in [-0.39, 0.29) is 38.3 Å². The van der Waals surface area contributed by atoms with Crippen molar-refractivity contribution < 1.29 is 30.7 Å². The molecule has 0 aliphatic carbocycles. The minimum absolute atomic E-state index is 0.0760. The van der Waals surface area contributed by atoms with Gasteiger partial charge in [0.05, 0.1) is 19.1 Å². The third-order valence-electron chi connectivity index (χ3n) is 6.86. The van der Waals surface area contributed by atoms with Crippen LogP contribution in [0, 0.1) is 11.7 Å². The van der Waals surface area contributed by atoms with Crippen molar-refractivity contribution >= 4 is 21.4 Å². The number of thiazole rings is 1. The van der Waals surface area contributed by atoms with Crippen molar-refractivity contribution in [3.63, 3.8) is 0 Å². The van der Waals surface area contributed by atoms with E-state index in [0.29, 0.717) is 22.6 Å². The first kappa shape index (κ1) is 26.0. The number of sulfonamides is 1. The van der Waals surface area contributed by atoms with Gasteiger partial charge >= 0.3 is 6.18 Å². The summed E-state index contributed by atoms with van der Waals surface area (Å²) in [7, 11) is -4.20. The average molecular weight is 557 g/mol. The lowest BCUT2D eigenvalue weighted by atomic mass is 9.84. The zero-order valence-electron chi connectivity index (χ0n) is 19.5. The summed E-state index contributed by atoms with van der Waals surface area (Å²) in [6.45, 7) is 0.289. The Bertz CT molecular complexity index is 1340. The van der Waals surface area contributed by atoms with Crippen molar-refractivity contribution in [2.24, 2.45) is 5.92 Å². The Morgan fingerprint density at radius 3 is 2.62 bits per heavy atom. The van der Waals surface area contributed by atoms with Gasteiger partial charge in [-0.15, -0.1) is 11.3 Å². The first-order chi connectivity index (χ1) is 17.6. The Morgan fingerprint density at radius 2 is 1.92 bits per heavy atom. The fourth-order valence-electron chi connectivity index (χ4n) is 5.06. The molecule has 0 bridgehead atoms. The van der Waals surface area contributed by atoms with Crippen LogP contribution < -0.4 is 9.46 Å². The molecule has 0 amide bonds. The molecule has 13 heteroatoms. The van der Waals surface area contributed by atoms with E-state index in [0.717, 1.165) is 12.1 Å². The minimum Gasteiger partial charge on any atom is -0.493 e. The Hall–Kier alpha value is -2.61. The molecule has 1 aromatic carbocycles. The molecule has 37 heavy (non-hydrogen) atoms. The molecule has 0 spiro atoms. The van der Waals surface area contributed by atoms with E-state index in [2.05, 4.69) is 14.7 Å². The van der Waals surface area contributed by atoms with Crippen LogP contribution in [0.2, 0.25) is 0 Å². The Kier molecular flexibility index (Phi) is 7.22. The molecule has 0 saturated carbocycles. The molecular formula is C24H24F4N4O3S2. The fourth-order valence-corrected chi connectivity index (χ4v) is 6.77. The summed E-state index contributed by atoms with van der Waals surface area (Å²) in [5.74, 6) is -2.19. The summed E-state index contributed by atoms with van der Waals surface area (Å²) in [6.07, 6.45) is 0.531. The number of nitrogens with zero attached hydrogens (tertiary/aromatic N) is 3. The van der Waals surface area contributed by atoms with E-state index in [1.807, 2.05) is 4.90 Å². The third kappa shape index (κ3) is 5.49. The summed E-state index contributed by atoms with van der Waals surface area (Å²) in [4.78, 5) is 9.39. The number of hydrogen-bond acceptors (Lipinski definition) is 7. The van der Waals surface area contributed by atoms with Crippen LogP contribution in [-0.2, 0) is 16.6 Å². The molecule has 2 aromatic heterocycles. The maximum Gasteiger partial charge on any atom is 0.391 e. The molecule has 198 valence electrons. The van der Waals surface area contributed by atoms with Crippen molar-refractivity contribution in [2.75, 3.05) is 13.2 Å². The molecule has 0 radical (unpaired) electrons. The monoisotopic (exact) mass is 556 g/mol. The highest BCUT2D eigenvalue weighted by Crippen LogP contribution is 2.48. The maximum atomic E-state index is 15.3.